The van der Waals surface area contributed by atoms with Gasteiger partial charge in [-0.15, -0.1) is 0 Å². The SMILES string of the molecule is C[C@]12CSC[C@@]13CC[C@H]2CC3=O. The topological polar surface area (TPSA) is 17.1 Å². The maximum absolute atomic E-state index is 11.8. The zero-order valence-electron chi connectivity index (χ0n) is 7.43. The highest BCUT2D eigenvalue weighted by atomic mass is 32.2. The molecule has 0 unspecified atom stereocenters. The van der Waals surface area contributed by atoms with E-state index < -0.39 is 0 Å². The molecule has 0 aromatic rings. The Labute approximate surface area is 77.3 Å². The van der Waals surface area contributed by atoms with Crippen LogP contribution in [0.15, 0.2) is 0 Å². The van der Waals surface area contributed by atoms with Crippen molar-refractivity contribution in [2.75, 3.05) is 11.5 Å². The van der Waals surface area contributed by atoms with E-state index in [1.165, 1.54) is 18.6 Å². The van der Waals surface area contributed by atoms with Crippen LogP contribution < -0.4 is 0 Å². The molecule has 0 amide bonds. The fraction of sp³-hybridized carbons (Fsp3) is 0.900. The van der Waals surface area contributed by atoms with E-state index in [1.54, 1.807) is 0 Å². The average molecular weight is 182 g/mol. The number of thioether (sulfide) groups is 1. The maximum atomic E-state index is 11.8. The number of carbonyl (C=O) groups is 1. The molecule has 2 heteroatoms. The number of ketones is 1. The lowest BCUT2D eigenvalue weighted by atomic mass is 9.70. The molecule has 3 atom stereocenters. The van der Waals surface area contributed by atoms with Crippen molar-refractivity contribution in [2.24, 2.45) is 16.7 Å². The van der Waals surface area contributed by atoms with Crippen molar-refractivity contribution in [1.82, 2.24) is 0 Å². The molecule has 1 heterocycles. The van der Waals surface area contributed by atoms with Crippen LogP contribution in [0.1, 0.15) is 26.2 Å². The van der Waals surface area contributed by atoms with Crippen LogP contribution in [0.5, 0.6) is 0 Å². The Hall–Kier alpha value is 0.0200. The van der Waals surface area contributed by atoms with Crippen LogP contribution in [0.2, 0.25) is 0 Å². The zero-order chi connectivity index (χ0) is 8.40. The second kappa shape index (κ2) is 1.92. The van der Waals surface area contributed by atoms with E-state index in [9.17, 15) is 4.79 Å². The highest BCUT2D eigenvalue weighted by molar-refractivity contribution is 7.99. The van der Waals surface area contributed by atoms with Gasteiger partial charge in [-0.05, 0) is 29.9 Å². The summed E-state index contributed by atoms with van der Waals surface area (Å²) >= 11 is 2.00. The third-order valence-corrected chi connectivity index (χ3v) is 6.13. The first kappa shape index (κ1) is 7.43. The van der Waals surface area contributed by atoms with Crippen LogP contribution in [-0.4, -0.2) is 17.3 Å². The van der Waals surface area contributed by atoms with Gasteiger partial charge in [-0.1, -0.05) is 6.92 Å². The fourth-order valence-corrected chi connectivity index (χ4v) is 5.65. The molecule has 0 aromatic heterocycles. The summed E-state index contributed by atoms with van der Waals surface area (Å²) in [4.78, 5) is 11.8. The molecule has 0 spiro atoms. The lowest BCUT2D eigenvalue weighted by Gasteiger charge is -2.30. The smallest absolute Gasteiger partial charge is 0.140 e. The Morgan fingerprint density at radius 1 is 1.50 bits per heavy atom. The summed E-state index contributed by atoms with van der Waals surface area (Å²) in [6.45, 7) is 2.36. The van der Waals surface area contributed by atoms with E-state index in [2.05, 4.69) is 6.92 Å². The minimum atomic E-state index is 0.141. The van der Waals surface area contributed by atoms with Gasteiger partial charge in [0, 0.05) is 17.6 Å². The van der Waals surface area contributed by atoms with Gasteiger partial charge in [0.05, 0.1) is 0 Å². The monoisotopic (exact) mass is 182 g/mol. The highest BCUT2D eigenvalue weighted by Gasteiger charge is 2.68. The van der Waals surface area contributed by atoms with E-state index >= 15 is 0 Å². The molecule has 0 radical (unpaired) electrons. The number of hydrogen-bond acceptors (Lipinski definition) is 2. The van der Waals surface area contributed by atoms with Crippen molar-refractivity contribution in [3.05, 3.63) is 0 Å². The first-order valence-electron chi connectivity index (χ1n) is 4.80. The highest BCUT2D eigenvalue weighted by Crippen LogP contribution is 2.69. The average Bonchev–Trinajstić information content (AvgIpc) is 2.53. The first-order valence-corrected chi connectivity index (χ1v) is 5.96. The molecule has 2 aliphatic carbocycles. The van der Waals surface area contributed by atoms with Crippen LogP contribution >= 0.6 is 11.8 Å². The third-order valence-electron chi connectivity index (χ3n) is 4.63. The summed E-state index contributed by atoms with van der Waals surface area (Å²) < 4.78 is 0. The molecule has 12 heavy (non-hydrogen) atoms. The Kier molecular flexibility index (Phi) is 1.19. The van der Waals surface area contributed by atoms with Gasteiger partial charge < -0.3 is 0 Å². The van der Waals surface area contributed by atoms with E-state index in [0.717, 1.165) is 18.1 Å². The molecular formula is C10H14OS. The van der Waals surface area contributed by atoms with Crippen LogP contribution in [0, 0.1) is 16.7 Å². The predicted octanol–water partition coefficient (Wildman–Crippen LogP) is 2.11. The summed E-state index contributed by atoms with van der Waals surface area (Å²) in [5.74, 6) is 3.69. The molecule has 2 bridgehead atoms. The molecular weight excluding hydrogens is 168 g/mol. The van der Waals surface area contributed by atoms with E-state index in [4.69, 9.17) is 0 Å². The van der Waals surface area contributed by atoms with Gasteiger partial charge in [-0.3, -0.25) is 4.79 Å². The second-order valence-corrected chi connectivity index (χ2v) is 5.84. The van der Waals surface area contributed by atoms with Crippen LogP contribution in [0.25, 0.3) is 0 Å². The molecule has 2 saturated carbocycles. The van der Waals surface area contributed by atoms with Crippen molar-refractivity contribution in [1.29, 1.82) is 0 Å². The third kappa shape index (κ3) is 0.535. The second-order valence-electron chi connectivity index (χ2n) is 4.86. The molecule has 1 nitrogen and oxygen atoms in total. The Morgan fingerprint density at radius 3 is 3.00 bits per heavy atom. The van der Waals surface area contributed by atoms with Gasteiger partial charge in [-0.2, -0.15) is 11.8 Å². The summed E-state index contributed by atoms with van der Waals surface area (Å²) in [7, 11) is 0. The molecule has 0 aromatic carbocycles. The Balaban J connectivity index is 2.17. The molecule has 1 aliphatic heterocycles. The number of carbonyl (C=O) groups excluding carboxylic acids is 1. The standard InChI is InChI=1S/C10H14OS/c1-9-5-12-6-10(9)3-2-7(9)4-8(10)11/h7H,2-6H2,1H3/t7-,9+,10+/m0/s1. The van der Waals surface area contributed by atoms with Crippen LogP contribution in [-0.2, 0) is 4.79 Å². The van der Waals surface area contributed by atoms with Crippen molar-refractivity contribution < 1.29 is 4.79 Å². The van der Waals surface area contributed by atoms with Gasteiger partial charge >= 0.3 is 0 Å². The first-order chi connectivity index (χ1) is 5.69. The van der Waals surface area contributed by atoms with E-state index in [0.29, 0.717) is 11.2 Å². The molecule has 1 saturated heterocycles. The Bertz CT molecular complexity index is 259. The molecule has 3 aliphatic rings. The summed E-state index contributed by atoms with van der Waals surface area (Å²) in [6.07, 6.45) is 3.42. The zero-order valence-corrected chi connectivity index (χ0v) is 8.25. The normalized spacial score (nSPS) is 56.4. The van der Waals surface area contributed by atoms with Crippen LogP contribution in [0.3, 0.4) is 0 Å². The molecule has 3 rings (SSSR count). The largest absolute Gasteiger partial charge is 0.299 e. The van der Waals surface area contributed by atoms with Crippen molar-refractivity contribution >= 4 is 17.5 Å². The van der Waals surface area contributed by atoms with Crippen molar-refractivity contribution in [3.8, 4) is 0 Å². The van der Waals surface area contributed by atoms with Gasteiger partial charge in [0.25, 0.3) is 0 Å². The number of rotatable bonds is 0. The summed E-state index contributed by atoms with van der Waals surface area (Å²) in [5.41, 5.74) is 0.539. The maximum Gasteiger partial charge on any atom is 0.140 e. The van der Waals surface area contributed by atoms with E-state index in [-0.39, 0.29) is 5.41 Å². The van der Waals surface area contributed by atoms with Crippen molar-refractivity contribution in [3.63, 3.8) is 0 Å². The van der Waals surface area contributed by atoms with E-state index in [1.807, 2.05) is 11.8 Å². The minimum absolute atomic E-state index is 0.141. The van der Waals surface area contributed by atoms with Crippen LogP contribution in [0.4, 0.5) is 0 Å². The lowest BCUT2D eigenvalue weighted by molar-refractivity contribution is -0.127. The van der Waals surface area contributed by atoms with Gasteiger partial charge in [0.15, 0.2) is 0 Å². The minimum Gasteiger partial charge on any atom is -0.299 e. The number of Topliss-reactive ketones (excluding diaryl/α,β-unsaturated/α-hetero) is 1. The number of hydrogen-bond donors (Lipinski definition) is 0. The van der Waals surface area contributed by atoms with Crippen molar-refractivity contribution in [2.45, 2.75) is 26.2 Å². The van der Waals surface area contributed by atoms with Gasteiger partial charge in [0.2, 0.25) is 0 Å². The molecule has 3 fully saturated rings. The molecule has 0 N–H and O–H groups in total. The lowest BCUT2D eigenvalue weighted by Crippen LogP contribution is -2.36. The predicted molar refractivity (Wildman–Crippen MR) is 50.2 cm³/mol. The summed E-state index contributed by atoms with van der Waals surface area (Å²) in [5, 5.41) is 0. The quantitative estimate of drug-likeness (QED) is 0.570. The van der Waals surface area contributed by atoms with Gasteiger partial charge in [-0.25, -0.2) is 0 Å². The molecule has 66 valence electrons. The Morgan fingerprint density at radius 2 is 2.33 bits per heavy atom. The fourth-order valence-electron chi connectivity index (χ4n) is 3.63. The van der Waals surface area contributed by atoms with Gasteiger partial charge in [0.1, 0.15) is 5.78 Å². The summed E-state index contributed by atoms with van der Waals surface area (Å²) in [6, 6.07) is 0.